The van der Waals surface area contributed by atoms with E-state index in [9.17, 15) is 0 Å². The Balaban J connectivity index is 0.000000202. The minimum absolute atomic E-state index is 0.524. The van der Waals surface area contributed by atoms with Crippen molar-refractivity contribution in [1.82, 2.24) is 0 Å². The highest BCUT2D eigenvalue weighted by Crippen LogP contribution is 2.35. The first-order chi connectivity index (χ1) is 24.4. The first-order valence-electron chi connectivity index (χ1n) is 16.5. The van der Waals surface area contributed by atoms with Crippen molar-refractivity contribution in [2.75, 3.05) is 22.9 Å². The van der Waals surface area contributed by atoms with Crippen LogP contribution in [0.5, 0.6) is 0 Å². The summed E-state index contributed by atoms with van der Waals surface area (Å²) < 4.78 is 34.1. The lowest BCUT2D eigenvalue weighted by atomic mass is 10.1. The van der Waals surface area contributed by atoms with Crippen LogP contribution in [-0.2, 0) is 10.4 Å². The minimum atomic E-state index is -5.17. The van der Waals surface area contributed by atoms with Gasteiger partial charge in [0.1, 0.15) is 0 Å². The molecule has 0 fully saturated rings. The van der Waals surface area contributed by atoms with E-state index < -0.39 is 10.4 Å². The Morgan fingerprint density at radius 3 is 1.16 bits per heavy atom. The number of rotatable bonds is 8. The molecule has 0 aromatic heterocycles. The van der Waals surface area contributed by atoms with Crippen molar-refractivity contribution in [2.24, 2.45) is 11.8 Å². The van der Waals surface area contributed by atoms with Crippen LogP contribution in [0, 0.1) is 22.6 Å². The molecule has 0 radical (unpaired) electrons. The molecule has 0 spiro atoms. The van der Waals surface area contributed by atoms with Gasteiger partial charge in [-0.25, -0.2) is 0 Å². The van der Waals surface area contributed by atoms with E-state index in [1.807, 2.05) is 48.5 Å². The average Bonchev–Trinajstić information content (AvgIpc) is 3.12. The maximum atomic E-state index is 8.88. The summed E-state index contributed by atoms with van der Waals surface area (Å²) in [6, 6.07) is 45.0. The summed E-state index contributed by atoms with van der Waals surface area (Å²) in [5.41, 5.74) is 5.73. The van der Waals surface area contributed by atoms with E-state index in [0.29, 0.717) is 23.2 Å². The highest BCUT2D eigenvalue weighted by Gasteiger charge is 2.17. The van der Waals surface area contributed by atoms with Gasteiger partial charge in [-0.15, -0.1) is 0 Å². The highest BCUT2D eigenvalue weighted by molar-refractivity contribution is 7.79. The predicted molar refractivity (Wildman–Crippen MR) is 204 cm³/mol. The molecular weight excluding hydrogens is 661 g/mol. The lowest BCUT2D eigenvalue weighted by Gasteiger charge is -2.28. The molecule has 0 bridgehead atoms. The Bertz CT molecular complexity index is 2080. The number of hydrogen-bond acceptors (Lipinski definition) is 8. The molecule has 260 valence electrons. The fraction of sp³-hybridized carbons (Fsp3) is 0.200. The largest absolute Gasteiger partial charge is 0.759 e. The smallest absolute Gasteiger partial charge is 0.385 e. The van der Waals surface area contributed by atoms with Crippen molar-refractivity contribution in [3.8, 4) is 0 Å². The van der Waals surface area contributed by atoms with E-state index in [4.69, 9.17) is 28.3 Å². The zero-order valence-electron chi connectivity index (χ0n) is 29.0. The van der Waals surface area contributed by atoms with Crippen molar-refractivity contribution in [3.05, 3.63) is 143 Å². The van der Waals surface area contributed by atoms with Crippen LogP contribution in [0.2, 0.25) is 0 Å². The van der Waals surface area contributed by atoms with Crippen molar-refractivity contribution >= 4 is 66.1 Å². The molecule has 11 heteroatoms. The topological polar surface area (TPSA) is 143 Å². The van der Waals surface area contributed by atoms with Crippen LogP contribution in [0.15, 0.2) is 133 Å². The number of diazo groups is 2. The lowest BCUT2D eigenvalue weighted by molar-refractivity contribution is 0.352. The van der Waals surface area contributed by atoms with Gasteiger partial charge in [-0.3, -0.25) is 8.42 Å². The first-order valence-corrected chi connectivity index (χ1v) is 17.8. The first kappa shape index (κ1) is 38.0. The molecule has 0 amide bonds. The molecule has 6 rings (SSSR count). The Hall–Kier alpha value is -5.85. The SMILES string of the molecule is CC(C)CN(c1ccc([N+]#N)cc1)c1cccc2ccccc12.CC(C)CN(c1ccc([N+]#N)cc1)c1cccc2ccccc12.O=S(=O)([O-])[O-]. The number of nitrogens with zero attached hydrogens (tertiary/aromatic N) is 6. The van der Waals surface area contributed by atoms with Crippen molar-refractivity contribution < 1.29 is 17.5 Å². The molecule has 0 saturated carbocycles. The van der Waals surface area contributed by atoms with E-state index in [2.05, 4.69) is 132 Å². The zero-order valence-corrected chi connectivity index (χ0v) is 29.8. The Labute approximate surface area is 299 Å². The molecule has 0 N–H and O–H groups in total. The standard InChI is InChI=1S/2C20H20N3.H2O4S/c2*1-15(2)14-23(18-12-10-17(22-21)11-13-18)20-9-5-7-16-6-3-4-8-19(16)20;1-5(2,3)4/h2*3-13,15H,14H2,1-2H3;(H2,1,2,3,4)/q2*+1;/p-2. The summed E-state index contributed by atoms with van der Waals surface area (Å²) in [5.74, 6) is 1.05. The van der Waals surface area contributed by atoms with Gasteiger partial charge in [-0.2, -0.15) is 0 Å². The summed E-state index contributed by atoms with van der Waals surface area (Å²) in [7, 11) is -5.17. The Morgan fingerprint density at radius 1 is 0.529 bits per heavy atom. The number of hydrogen-bond donors (Lipinski definition) is 0. The molecule has 0 heterocycles. The summed E-state index contributed by atoms with van der Waals surface area (Å²) >= 11 is 0. The quantitative estimate of drug-likeness (QED) is 0.0867. The fourth-order valence-electron chi connectivity index (χ4n) is 5.70. The van der Waals surface area contributed by atoms with Crippen LogP contribution in [0.25, 0.3) is 31.5 Å². The summed E-state index contributed by atoms with van der Waals surface area (Å²) in [6.07, 6.45) is 0. The molecule has 10 nitrogen and oxygen atoms in total. The molecule has 0 saturated heterocycles. The minimum Gasteiger partial charge on any atom is -0.759 e. The number of benzene rings is 6. The van der Waals surface area contributed by atoms with Gasteiger partial charge in [0.15, 0.2) is 9.95 Å². The summed E-state index contributed by atoms with van der Waals surface area (Å²) in [5, 5.41) is 22.7. The molecule has 51 heavy (non-hydrogen) atoms. The van der Waals surface area contributed by atoms with Crippen molar-refractivity contribution in [1.29, 1.82) is 10.8 Å². The van der Waals surface area contributed by atoms with Crippen LogP contribution < -0.4 is 9.80 Å². The summed E-state index contributed by atoms with van der Waals surface area (Å²) in [4.78, 5) is 11.1. The van der Waals surface area contributed by atoms with Crippen LogP contribution in [0.1, 0.15) is 27.7 Å². The van der Waals surface area contributed by atoms with Gasteiger partial charge in [0.2, 0.25) is 10.8 Å². The van der Waals surface area contributed by atoms with Gasteiger partial charge < -0.3 is 18.9 Å². The van der Waals surface area contributed by atoms with Crippen LogP contribution in [-0.4, -0.2) is 30.6 Å². The van der Waals surface area contributed by atoms with Gasteiger partial charge in [0, 0.05) is 81.3 Å². The highest BCUT2D eigenvalue weighted by atomic mass is 32.3. The molecule has 0 aliphatic rings. The molecule has 6 aromatic rings. The third-order valence-electron chi connectivity index (χ3n) is 7.76. The maximum Gasteiger partial charge on any atom is 0.385 e. The molecule has 0 atom stereocenters. The molecule has 6 aromatic carbocycles. The monoisotopic (exact) mass is 700 g/mol. The van der Waals surface area contributed by atoms with E-state index >= 15 is 0 Å². The van der Waals surface area contributed by atoms with Crippen LogP contribution >= 0.6 is 0 Å². The van der Waals surface area contributed by atoms with Crippen LogP contribution in [0.3, 0.4) is 0 Å². The van der Waals surface area contributed by atoms with E-state index in [1.165, 1.54) is 32.9 Å². The summed E-state index contributed by atoms with van der Waals surface area (Å²) in [6.45, 7) is 10.7. The normalized spacial score (nSPS) is 10.8. The number of fused-ring (bicyclic) bond motifs is 2. The third-order valence-corrected chi connectivity index (χ3v) is 7.76. The maximum absolute atomic E-state index is 8.88. The second-order valence-corrected chi connectivity index (χ2v) is 13.5. The molecule has 0 aliphatic heterocycles. The molecule has 0 aliphatic carbocycles. The van der Waals surface area contributed by atoms with E-state index in [0.717, 1.165) is 24.5 Å². The van der Waals surface area contributed by atoms with Gasteiger partial charge >= 0.3 is 11.4 Å². The van der Waals surface area contributed by atoms with Gasteiger partial charge in [0.25, 0.3) is 0 Å². The van der Waals surface area contributed by atoms with Crippen molar-refractivity contribution in [2.45, 2.75) is 27.7 Å². The van der Waals surface area contributed by atoms with E-state index in [1.54, 1.807) is 0 Å². The Kier molecular flexibility index (Phi) is 13.2. The van der Waals surface area contributed by atoms with Gasteiger partial charge in [-0.1, -0.05) is 100 Å². The predicted octanol–water partition coefficient (Wildman–Crippen LogP) is 10.9. The molecule has 0 unspecified atom stereocenters. The van der Waals surface area contributed by atoms with Gasteiger partial charge in [0.05, 0.1) is 0 Å². The van der Waals surface area contributed by atoms with Crippen molar-refractivity contribution in [3.63, 3.8) is 0 Å². The average molecular weight is 701 g/mol. The fourth-order valence-corrected chi connectivity index (χ4v) is 5.70. The second-order valence-electron chi connectivity index (χ2n) is 12.6. The van der Waals surface area contributed by atoms with Gasteiger partial charge in [-0.05, 0) is 59.0 Å². The Morgan fingerprint density at radius 2 is 0.843 bits per heavy atom. The van der Waals surface area contributed by atoms with E-state index in [-0.39, 0.29) is 0 Å². The molecular formula is C40H40N6O4S. The second kappa shape index (κ2) is 17.7. The number of anilines is 4. The lowest BCUT2D eigenvalue weighted by Crippen LogP contribution is -2.22. The van der Waals surface area contributed by atoms with Crippen LogP contribution in [0.4, 0.5) is 34.1 Å². The third kappa shape index (κ3) is 11.1. The zero-order chi connectivity index (χ0) is 37.0.